The lowest BCUT2D eigenvalue weighted by Crippen LogP contribution is -2.16. The van der Waals surface area contributed by atoms with Crippen LogP contribution in [0.3, 0.4) is 0 Å². The molecule has 13 heavy (non-hydrogen) atoms. The van der Waals surface area contributed by atoms with Gasteiger partial charge in [0.15, 0.2) is 0 Å². The average molecular weight is 184 g/mol. The maximum absolute atomic E-state index is 11.2. The van der Waals surface area contributed by atoms with E-state index in [-0.39, 0.29) is 12.1 Å². The Morgan fingerprint density at radius 3 is 2.69 bits per heavy atom. The third kappa shape index (κ3) is 6.38. The smallest absolute Gasteiger partial charge is 0.306 e. The van der Waals surface area contributed by atoms with Crippen LogP contribution in [0.5, 0.6) is 0 Å². The van der Waals surface area contributed by atoms with E-state index in [1.165, 1.54) is 0 Å². The quantitative estimate of drug-likeness (QED) is 0.449. The van der Waals surface area contributed by atoms with Crippen molar-refractivity contribution in [1.82, 2.24) is 0 Å². The van der Waals surface area contributed by atoms with Gasteiger partial charge in [-0.2, -0.15) is 0 Å². The van der Waals surface area contributed by atoms with Crippen molar-refractivity contribution in [3.05, 3.63) is 12.7 Å². The third-order valence-electron chi connectivity index (χ3n) is 1.92. The van der Waals surface area contributed by atoms with E-state index in [1.807, 2.05) is 6.92 Å². The summed E-state index contributed by atoms with van der Waals surface area (Å²) < 4.78 is 5.23. The van der Waals surface area contributed by atoms with E-state index in [0.717, 1.165) is 25.7 Å². The Labute approximate surface area is 81.0 Å². The van der Waals surface area contributed by atoms with Crippen LogP contribution in [0.4, 0.5) is 0 Å². The zero-order chi connectivity index (χ0) is 10.1. The van der Waals surface area contributed by atoms with E-state index in [0.29, 0.717) is 6.42 Å². The number of hydrogen-bond acceptors (Lipinski definition) is 2. The molecule has 76 valence electrons. The molecule has 0 aromatic heterocycles. The van der Waals surface area contributed by atoms with Crippen molar-refractivity contribution < 1.29 is 9.53 Å². The van der Waals surface area contributed by atoms with Crippen LogP contribution >= 0.6 is 0 Å². The molecule has 1 unspecified atom stereocenters. The number of unbranched alkanes of at least 4 members (excludes halogenated alkanes) is 1. The molecule has 0 saturated carbocycles. The molecule has 0 aromatic rings. The molecule has 0 fully saturated rings. The summed E-state index contributed by atoms with van der Waals surface area (Å²) in [6, 6.07) is 0. The van der Waals surface area contributed by atoms with Crippen molar-refractivity contribution >= 4 is 5.97 Å². The molecule has 0 rings (SSSR count). The largest absolute Gasteiger partial charge is 0.462 e. The highest BCUT2D eigenvalue weighted by Gasteiger charge is 2.09. The highest BCUT2D eigenvalue weighted by molar-refractivity contribution is 5.69. The molecule has 0 radical (unpaired) electrons. The Kier molecular flexibility index (Phi) is 7.36. The van der Waals surface area contributed by atoms with Gasteiger partial charge in [-0.15, -0.1) is 6.58 Å². The molecule has 0 heterocycles. The molecule has 0 saturated heterocycles. The van der Waals surface area contributed by atoms with Crippen molar-refractivity contribution in [2.24, 2.45) is 0 Å². The van der Waals surface area contributed by atoms with Gasteiger partial charge in [0.25, 0.3) is 0 Å². The van der Waals surface area contributed by atoms with Gasteiger partial charge in [-0.1, -0.05) is 26.3 Å². The van der Waals surface area contributed by atoms with E-state index in [4.69, 9.17) is 4.74 Å². The molecule has 0 bridgehead atoms. The number of esters is 1. The molecule has 2 nitrogen and oxygen atoms in total. The van der Waals surface area contributed by atoms with Crippen LogP contribution in [0.25, 0.3) is 0 Å². The highest BCUT2D eigenvalue weighted by atomic mass is 16.5. The Hall–Kier alpha value is -0.790. The molecule has 0 aliphatic carbocycles. The minimum absolute atomic E-state index is 0.0295. The van der Waals surface area contributed by atoms with E-state index < -0.39 is 0 Å². The summed E-state index contributed by atoms with van der Waals surface area (Å²) in [5.74, 6) is -0.0736. The van der Waals surface area contributed by atoms with Gasteiger partial charge in [0.2, 0.25) is 0 Å². The van der Waals surface area contributed by atoms with Gasteiger partial charge in [-0.25, -0.2) is 0 Å². The van der Waals surface area contributed by atoms with Crippen molar-refractivity contribution in [3.8, 4) is 0 Å². The molecule has 0 amide bonds. The van der Waals surface area contributed by atoms with E-state index in [1.54, 1.807) is 6.08 Å². The monoisotopic (exact) mass is 184 g/mol. The first-order valence-corrected chi connectivity index (χ1v) is 5.04. The van der Waals surface area contributed by atoms with Gasteiger partial charge >= 0.3 is 5.97 Å². The van der Waals surface area contributed by atoms with Crippen molar-refractivity contribution in [2.45, 2.75) is 52.1 Å². The van der Waals surface area contributed by atoms with Crippen LogP contribution in [-0.4, -0.2) is 12.1 Å². The van der Waals surface area contributed by atoms with E-state index >= 15 is 0 Å². The maximum atomic E-state index is 11.2. The molecule has 0 aliphatic heterocycles. The topological polar surface area (TPSA) is 26.3 Å². The SMILES string of the molecule is C=CCC(CC)OC(=O)CCCC. The Morgan fingerprint density at radius 2 is 2.23 bits per heavy atom. The standard InChI is InChI=1S/C11H20O2/c1-4-7-9-11(12)13-10(6-3)8-5-2/h5,10H,2,4,6-9H2,1,3H3. The molecule has 0 spiro atoms. The summed E-state index contributed by atoms with van der Waals surface area (Å²) in [5, 5.41) is 0. The van der Waals surface area contributed by atoms with Gasteiger partial charge < -0.3 is 4.74 Å². The fraction of sp³-hybridized carbons (Fsp3) is 0.727. The van der Waals surface area contributed by atoms with Crippen molar-refractivity contribution in [3.63, 3.8) is 0 Å². The zero-order valence-corrected chi connectivity index (χ0v) is 8.71. The Balaban J connectivity index is 3.65. The second kappa shape index (κ2) is 7.84. The molecule has 1 atom stereocenters. The number of carbonyl (C=O) groups excluding carboxylic acids is 1. The van der Waals surface area contributed by atoms with Crippen LogP contribution in [-0.2, 0) is 9.53 Å². The third-order valence-corrected chi connectivity index (χ3v) is 1.92. The van der Waals surface area contributed by atoms with Gasteiger partial charge in [0.1, 0.15) is 6.10 Å². The summed E-state index contributed by atoms with van der Waals surface area (Å²) >= 11 is 0. The molecule has 2 heteroatoms. The fourth-order valence-corrected chi connectivity index (χ4v) is 1.05. The van der Waals surface area contributed by atoms with E-state index in [9.17, 15) is 4.79 Å². The lowest BCUT2D eigenvalue weighted by molar-refractivity contribution is -0.149. The lowest BCUT2D eigenvalue weighted by Gasteiger charge is -2.13. The summed E-state index contributed by atoms with van der Waals surface area (Å²) in [6.45, 7) is 7.71. The number of ether oxygens (including phenoxy) is 1. The zero-order valence-electron chi connectivity index (χ0n) is 8.71. The van der Waals surface area contributed by atoms with Crippen LogP contribution in [0.1, 0.15) is 46.0 Å². The second-order valence-corrected chi connectivity index (χ2v) is 3.15. The molecule has 0 aromatic carbocycles. The molecule has 0 N–H and O–H groups in total. The summed E-state index contributed by atoms with van der Waals surface area (Å²) in [6.07, 6.45) is 5.95. The number of carbonyl (C=O) groups is 1. The average Bonchev–Trinajstić information content (AvgIpc) is 2.14. The van der Waals surface area contributed by atoms with Crippen LogP contribution in [0.15, 0.2) is 12.7 Å². The van der Waals surface area contributed by atoms with Crippen molar-refractivity contribution in [1.29, 1.82) is 0 Å². The molecule has 0 aliphatic rings. The normalized spacial score (nSPS) is 12.2. The summed E-state index contributed by atoms with van der Waals surface area (Å²) in [7, 11) is 0. The molecular formula is C11H20O2. The van der Waals surface area contributed by atoms with Crippen LogP contribution < -0.4 is 0 Å². The lowest BCUT2D eigenvalue weighted by atomic mass is 10.2. The first kappa shape index (κ1) is 12.2. The number of rotatable bonds is 7. The van der Waals surface area contributed by atoms with Gasteiger partial charge in [-0.05, 0) is 12.8 Å². The minimum Gasteiger partial charge on any atom is -0.462 e. The van der Waals surface area contributed by atoms with Crippen LogP contribution in [0.2, 0.25) is 0 Å². The maximum Gasteiger partial charge on any atom is 0.306 e. The van der Waals surface area contributed by atoms with Crippen molar-refractivity contribution in [2.75, 3.05) is 0 Å². The molecular weight excluding hydrogens is 164 g/mol. The predicted octanol–water partition coefficient (Wildman–Crippen LogP) is 3.07. The second-order valence-electron chi connectivity index (χ2n) is 3.15. The highest BCUT2D eigenvalue weighted by Crippen LogP contribution is 2.07. The van der Waals surface area contributed by atoms with E-state index in [2.05, 4.69) is 13.5 Å². The summed E-state index contributed by atoms with van der Waals surface area (Å²) in [4.78, 5) is 11.2. The summed E-state index contributed by atoms with van der Waals surface area (Å²) in [5.41, 5.74) is 0. The minimum atomic E-state index is -0.0736. The first-order chi connectivity index (χ1) is 6.24. The predicted molar refractivity (Wildman–Crippen MR) is 54.5 cm³/mol. The van der Waals surface area contributed by atoms with Gasteiger partial charge in [0.05, 0.1) is 0 Å². The Morgan fingerprint density at radius 1 is 1.54 bits per heavy atom. The Bertz CT molecular complexity index is 152. The first-order valence-electron chi connectivity index (χ1n) is 5.04. The van der Waals surface area contributed by atoms with Gasteiger partial charge in [0, 0.05) is 12.8 Å². The van der Waals surface area contributed by atoms with Crippen LogP contribution in [0, 0.1) is 0 Å². The number of hydrogen-bond donors (Lipinski definition) is 0. The van der Waals surface area contributed by atoms with Gasteiger partial charge in [-0.3, -0.25) is 4.79 Å². The fourth-order valence-electron chi connectivity index (χ4n) is 1.05.